The summed E-state index contributed by atoms with van der Waals surface area (Å²) in [5, 5.41) is 20.2. The molecule has 0 unspecified atom stereocenters. The fourth-order valence-corrected chi connectivity index (χ4v) is 4.10. The van der Waals surface area contributed by atoms with Crippen LogP contribution in [0.15, 0.2) is 12.1 Å². The van der Waals surface area contributed by atoms with Gasteiger partial charge in [0, 0.05) is 27.1 Å². The van der Waals surface area contributed by atoms with Crippen molar-refractivity contribution in [1.82, 2.24) is 0 Å². The maximum Gasteiger partial charge on any atom is 0.156 e. The molecule has 32 heavy (non-hydrogen) atoms. The summed E-state index contributed by atoms with van der Waals surface area (Å²) in [6.07, 6.45) is 12.4. The highest BCUT2D eigenvalue weighted by molar-refractivity contribution is 7.80. The molecular weight excluding hydrogens is 440 g/mol. The van der Waals surface area contributed by atoms with Crippen molar-refractivity contribution in [3.63, 3.8) is 0 Å². The third-order valence-electron chi connectivity index (χ3n) is 5.58. The Kier molecular flexibility index (Phi) is 16.6. The van der Waals surface area contributed by atoms with Crippen molar-refractivity contribution in [1.29, 1.82) is 0 Å². The van der Waals surface area contributed by atoms with Crippen molar-refractivity contribution in [3.8, 4) is 0 Å². The Morgan fingerprint density at radius 3 is 1.28 bits per heavy atom. The number of rotatable bonds is 18. The molecule has 0 bridgehead atoms. The van der Waals surface area contributed by atoms with E-state index < -0.39 is 0 Å². The summed E-state index contributed by atoms with van der Waals surface area (Å²) >= 11 is 9.89. The van der Waals surface area contributed by atoms with Crippen LogP contribution in [0, 0.1) is 0 Å². The fourth-order valence-electron chi connectivity index (χ4n) is 3.94. The molecule has 0 spiro atoms. The van der Waals surface area contributed by atoms with E-state index in [9.17, 15) is 10.2 Å². The van der Waals surface area contributed by atoms with Gasteiger partial charge in [-0.25, -0.2) is 0 Å². The molecular formula is C26H42O4S2. The quantitative estimate of drug-likeness (QED) is 0.207. The first kappa shape index (κ1) is 29.0. The Morgan fingerprint density at radius 1 is 0.594 bits per heavy atom. The van der Waals surface area contributed by atoms with Gasteiger partial charge in [0.05, 0.1) is 13.2 Å². The average Bonchev–Trinajstić information content (AvgIpc) is 2.74. The molecule has 0 aliphatic rings. The topological polar surface area (TPSA) is 58.9 Å². The lowest BCUT2D eigenvalue weighted by atomic mass is 9.90. The van der Waals surface area contributed by atoms with Gasteiger partial charge in [-0.05, 0) is 98.1 Å². The number of aryl methyl sites for hydroxylation is 2. The number of aliphatic hydroxyl groups is 2. The van der Waals surface area contributed by atoms with Gasteiger partial charge in [0.1, 0.15) is 0 Å². The van der Waals surface area contributed by atoms with Crippen LogP contribution in [-0.2, 0) is 35.2 Å². The van der Waals surface area contributed by atoms with E-state index in [-0.39, 0.29) is 13.2 Å². The molecule has 0 saturated heterocycles. The van der Waals surface area contributed by atoms with E-state index in [0.717, 1.165) is 51.4 Å². The van der Waals surface area contributed by atoms with Gasteiger partial charge in [0.15, 0.2) is 10.1 Å². The smallest absolute Gasteiger partial charge is 0.156 e. The molecule has 6 heteroatoms. The van der Waals surface area contributed by atoms with Gasteiger partial charge in [0.2, 0.25) is 0 Å². The van der Waals surface area contributed by atoms with Gasteiger partial charge in [-0.1, -0.05) is 37.8 Å². The van der Waals surface area contributed by atoms with E-state index in [4.69, 9.17) is 33.9 Å². The molecule has 0 aliphatic heterocycles. The van der Waals surface area contributed by atoms with E-state index in [0.29, 0.717) is 36.2 Å². The zero-order valence-corrected chi connectivity index (χ0v) is 21.6. The second-order valence-electron chi connectivity index (χ2n) is 8.35. The highest BCUT2D eigenvalue weighted by Crippen LogP contribution is 2.23. The van der Waals surface area contributed by atoms with Crippen molar-refractivity contribution in [2.24, 2.45) is 0 Å². The molecule has 0 fully saturated rings. The van der Waals surface area contributed by atoms with Crippen LogP contribution >= 0.6 is 24.4 Å². The van der Waals surface area contributed by atoms with E-state index in [1.807, 2.05) is 13.8 Å². The van der Waals surface area contributed by atoms with Gasteiger partial charge in [-0.2, -0.15) is 0 Å². The van der Waals surface area contributed by atoms with E-state index in [1.54, 1.807) is 0 Å². The minimum absolute atomic E-state index is 0.139. The van der Waals surface area contributed by atoms with Gasteiger partial charge in [-0.15, -0.1) is 0 Å². The van der Waals surface area contributed by atoms with Crippen LogP contribution in [0.3, 0.4) is 0 Å². The Labute approximate surface area is 205 Å². The van der Waals surface area contributed by atoms with Crippen LogP contribution < -0.4 is 0 Å². The number of ether oxygens (including phenoxy) is 2. The zero-order valence-electron chi connectivity index (χ0n) is 20.0. The second-order valence-corrected chi connectivity index (χ2v) is 9.50. The van der Waals surface area contributed by atoms with Crippen molar-refractivity contribution in [2.45, 2.75) is 90.9 Å². The van der Waals surface area contributed by atoms with Crippen molar-refractivity contribution in [3.05, 3.63) is 34.4 Å². The SMILES string of the molecule is CC(=S)OCCCCCCc1cc(CCO)c(CCO)cc1CCCCCCOC(C)=S. The summed E-state index contributed by atoms with van der Waals surface area (Å²) in [7, 11) is 0. The Balaban J connectivity index is 2.63. The summed E-state index contributed by atoms with van der Waals surface area (Å²) < 4.78 is 10.7. The summed E-state index contributed by atoms with van der Waals surface area (Å²) in [5.74, 6) is 0. The minimum Gasteiger partial charge on any atom is -0.487 e. The monoisotopic (exact) mass is 482 g/mol. The normalized spacial score (nSPS) is 10.9. The standard InChI is InChI=1S/C26H42O4S2/c1-21(31)29-17-9-5-3-7-11-23-19-25(13-15-27)26(14-16-28)20-24(23)12-8-4-6-10-18-30-22(2)32/h19-20,27-28H,3-18H2,1-2H3. The number of thiocarbonyl (C=S) groups is 2. The summed E-state index contributed by atoms with van der Waals surface area (Å²) in [5.41, 5.74) is 5.16. The van der Waals surface area contributed by atoms with Crippen LogP contribution in [0.25, 0.3) is 0 Å². The maximum absolute atomic E-state index is 9.48. The lowest BCUT2D eigenvalue weighted by Crippen LogP contribution is -2.06. The van der Waals surface area contributed by atoms with Crippen LogP contribution in [-0.4, -0.2) is 46.7 Å². The van der Waals surface area contributed by atoms with Gasteiger partial charge in [-0.3, -0.25) is 0 Å². The lowest BCUT2D eigenvalue weighted by Gasteiger charge is -2.16. The van der Waals surface area contributed by atoms with Crippen molar-refractivity contribution in [2.75, 3.05) is 26.4 Å². The Morgan fingerprint density at radius 2 is 0.938 bits per heavy atom. The lowest BCUT2D eigenvalue weighted by molar-refractivity contribution is 0.293. The molecule has 2 N–H and O–H groups in total. The largest absolute Gasteiger partial charge is 0.487 e. The highest BCUT2D eigenvalue weighted by atomic mass is 32.1. The van der Waals surface area contributed by atoms with Gasteiger partial charge in [0.25, 0.3) is 0 Å². The average molecular weight is 483 g/mol. The molecule has 1 aromatic rings. The predicted molar refractivity (Wildman–Crippen MR) is 141 cm³/mol. The third kappa shape index (κ3) is 13.5. The number of hydrogen-bond acceptors (Lipinski definition) is 6. The molecule has 0 heterocycles. The maximum atomic E-state index is 9.48. The number of benzene rings is 1. The number of aliphatic hydroxyl groups excluding tert-OH is 2. The van der Waals surface area contributed by atoms with Crippen LogP contribution in [0.2, 0.25) is 0 Å². The van der Waals surface area contributed by atoms with E-state index in [1.165, 1.54) is 35.1 Å². The molecule has 0 amide bonds. The fraction of sp³-hybridized carbons (Fsp3) is 0.692. The van der Waals surface area contributed by atoms with Crippen LogP contribution in [0.5, 0.6) is 0 Å². The summed E-state index contributed by atoms with van der Waals surface area (Å²) in [6, 6.07) is 4.57. The van der Waals surface area contributed by atoms with Gasteiger partial charge >= 0.3 is 0 Å². The van der Waals surface area contributed by atoms with E-state index >= 15 is 0 Å². The zero-order chi connectivity index (χ0) is 23.6. The molecule has 0 atom stereocenters. The predicted octanol–water partition coefficient (Wildman–Crippen LogP) is 5.69. The summed E-state index contributed by atoms with van der Waals surface area (Å²) in [4.78, 5) is 0. The Bertz CT molecular complexity index is 619. The highest BCUT2D eigenvalue weighted by Gasteiger charge is 2.10. The molecule has 4 nitrogen and oxygen atoms in total. The number of unbranched alkanes of at least 4 members (excludes halogenated alkanes) is 6. The minimum atomic E-state index is 0.139. The first-order valence-corrected chi connectivity index (χ1v) is 12.9. The first-order valence-electron chi connectivity index (χ1n) is 12.1. The second kappa shape index (κ2) is 18.4. The van der Waals surface area contributed by atoms with Crippen LogP contribution in [0.1, 0.15) is 87.5 Å². The molecule has 1 aromatic carbocycles. The Hall–Kier alpha value is -1.08. The number of hydrogen-bond donors (Lipinski definition) is 2. The summed E-state index contributed by atoms with van der Waals surface area (Å²) in [6.45, 7) is 5.34. The van der Waals surface area contributed by atoms with Crippen LogP contribution in [0.4, 0.5) is 0 Å². The van der Waals surface area contributed by atoms with Crippen molar-refractivity contribution >= 4 is 34.5 Å². The van der Waals surface area contributed by atoms with Gasteiger partial charge < -0.3 is 19.7 Å². The molecule has 0 aromatic heterocycles. The van der Waals surface area contributed by atoms with E-state index in [2.05, 4.69) is 12.1 Å². The first-order chi connectivity index (χ1) is 15.5. The molecule has 1 rings (SSSR count). The molecule has 0 aliphatic carbocycles. The third-order valence-corrected chi connectivity index (χ3v) is 5.81. The molecule has 0 saturated carbocycles. The van der Waals surface area contributed by atoms with Crippen molar-refractivity contribution < 1.29 is 19.7 Å². The molecule has 182 valence electrons. The molecule has 0 radical (unpaired) electrons.